The maximum atomic E-state index is 10.7. The van der Waals surface area contributed by atoms with E-state index in [0.29, 0.717) is 0 Å². The van der Waals surface area contributed by atoms with E-state index in [0.717, 1.165) is 0 Å². The summed E-state index contributed by atoms with van der Waals surface area (Å²) in [6.45, 7) is 0. The van der Waals surface area contributed by atoms with E-state index in [1.54, 1.807) is 0 Å². The molecule has 36 heavy (non-hydrogen) atoms. The summed E-state index contributed by atoms with van der Waals surface area (Å²) in [6.07, 6.45) is 0. The first-order valence-electron chi connectivity index (χ1n) is 8.95. The standard InChI is InChI=1S/C18H15P.2CHF3O3S.Ru/c1-4-10-16(11-5-1)19(17-12-6-2-7-13-17)18-14-8-3-9-15-18;2*2-1(3,4)8(5,6)7;/h1-15H;2*(H,5,6,7);/q;;;+2/p-2. The van der Waals surface area contributed by atoms with Crippen LogP contribution in [-0.4, -0.2) is 37.0 Å². The Bertz CT molecular complexity index is 1120. The number of halogens is 6. The minimum absolute atomic E-state index is 0. The number of hydrogen-bond acceptors (Lipinski definition) is 6. The topological polar surface area (TPSA) is 114 Å². The summed E-state index contributed by atoms with van der Waals surface area (Å²) in [6, 6.07) is 32.3. The van der Waals surface area contributed by atoms with Crippen molar-refractivity contribution in [2.75, 3.05) is 0 Å². The Balaban J connectivity index is 0.000000607. The predicted molar refractivity (Wildman–Crippen MR) is 117 cm³/mol. The molecule has 0 spiro atoms. The SMILES string of the molecule is O=S(=O)([O-])C(F)(F)F.O=S(=O)([O-])C(F)(F)F.[Ru+2].c1ccc(P(c2ccccc2)c2ccccc2)cc1. The molecule has 198 valence electrons. The van der Waals surface area contributed by atoms with Crippen molar-refractivity contribution in [1.29, 1.82) is 0 Å². The molecule has 0 aliphatic heterocycles. The van der Waals surface area contributed by atoms with E-state index >= 15 is 0 Å². The maximum Gasteiger partial charge on any atom is 2.00 e. The molecule has 3 rings (SSSR count). The molecule has 0 unspecified atom stereocenters. The van der Waals surface area contributed by atoms with Gasteiger partial charge in [0.05, 0.1) is 0 Å². The van der Waals surface area contributed by atoms with Crippen LogP contribution in [0, 0.1) is 0 Å². The largest absolute Gasteiger partial charge is 2.00 e. The van der Waals surface area contributed by atoms with Crippen LogP contribution in [0.25, 0.3) is 0 Å². The molecule has 0 heterocycles. The van der Waals surface area contributed by atoms with Crippen LogP contribution in [0.15, 0.2) is 91.0 Å². The summed E-state index contributed by atoms with van der Waals surface area (Å²) in [5, 5.41) is 4.19. The van der Waals surface area contributed by atoms with Crippen molar-refractivity contribution < 1.29 is 71.8 Å². The van der Waals surface area contributed by atoms with Gasteiger partial charge in [-0.1, -0.05) is 91.0 Å². The van der Waals surface area contributed by atoms with Crippen molar-refractivity contribution in [2.45, 2.75) is 11.0 Å². The van der Waals surface area contributed by atoms with Gasteiger partial charge in [0.15, 0.2) is 20.2 Å². The fourth-order valence-corrected chi connectivity index (χ4v) is 4.48. The van der Waals surface area contributed by atoms with Crippen LogP contribution in [0.3, 0.4) is 0 Å². The molecule has 6 nitrogen and oxygen atoms in total. The number of benzene rings is 3. The molecule has 3 aromatic rings. The second kappa shape index (κ2) is 14.2. The first-order valence-corrected chi connectivity index (χ1v) is 13.1. The Hall–Kier alpha value is -1.89. The molecule has 0 atom stereocenters. The molecule has 0 amide bonds. The Morgan fingerprint density at radius 2 is 0.667 bits per heavy atom. The van der Waals surface area contributed by atoms with Gasteiger partial charge in [0.25, 0.3) is 0 Å². The Kier molecular flexibility index (Phi) is 13.4. The summed E-state index contributed by atoms with van der Waals surface area (Å²) in [4.78, 5) is 0. The van der Waals surface area contributed by atoms with Crippen LogP contribution in [-0.2, 0) is 39.7 Å². The van der Waals surface area contributed by atoms with Crippen molar-refractivity contribution >= 4 is 44.1 Å². The fraction of sp³-hybridized carbons (Fsp3) is 0.100. The van der Waals surface area contributed by atoms with Crippen molar-refractivity contribution in [1.82, 2.24) is 0 Å². The van der Waals surface area contributed by atoms with E-state index in [9.17, 15) is 26.3 Å². The fourth-order valence-electron chi connectivity index (χ4n) is 2.18. The van der Waals surface area contributed by atoms with Crippen molar-refractivity contribution in [3.8, 4) is 0 Å². The van der Waals surface area contributed by atoms with Gasteiger partial charge in [0, 0.05) is 0 Å². The molecule has 0 saturated heterocycles. The third kappa shape index (κ3) is 11.4. The molecule has 16 heteroatoms. The molecule has 0 saturated carbocycles. The minimum atomic E-state index is -6.09. The van der Waals surface area contributed by atoms with Gasteiger partial charge in [0.2, 0.25) is 0 Å². The molecular formula is C20H15F6O6PRuS2. The zero-order valence-corrected chi connectivity index (χ0v) is 21.8. The average molecular weight is 662 g/mol. The van der Waals surface area contributed by atoms with Crippen LogP contribution >= 0.6 is 7.92 Å². The van der Waals surface area contributed by atoms with E-state index in [1.807, 2.05) is 0 Å². The van der Waals surface area contributed by atoms with Crippen molar-refractivity contribution in [3.05, 3.63) is 91.0 Å². The van der Waals surface area contributed by atoms with Crippen LogP contribution in [0.1, 0.15) is 0 Å². The number of alkyl halides is 6. The van der Waals surface area contributed by atoms with Crippen LogP contribution < -0.4 is 15.9 Å². The van der Waals surface area contributed by atoms with Crippen molar-refractivity contribution in [2.24, 2.45) is 0 Å². The Labute approximate surface area is 217 Å². The molecule has 0 aliphatic carbocycles. The first kappa shape index (κ1) is 34.1. The predicted octanol–water partition coefficient (Wildman–Crippen LogP) is 3.55. The first-order chi connectivity index (χ1) is 15.9. The van der Waals surface area contributed by atoms with Crippen molar-refractivity contribution in [3.63, 3.8) is 0 Å². The van der Waals surface area contributed by atoms with Gasteiger partial charge in [-0.15, -0.1) is 0 Å². The smallest absolute Gasteiger partial charge is 0.741 e. The average Bonchev–Trinajstić information content (AvgIpc) is 2.74. The van der Waals surface area contributed by atoms with Gasteiger partial charge in [-0.3, -0.25) is 0 Å². The van der Waals surface area contributed by atoms with Crippen LogP contribution in [0.4, 0.5) is 26.3 Å². The minimum Gasteiger partial charge on any atom is -0.741 e. The molecule has 0 aromatic heterocycles. The summed E-state index contributed by atoms with van der Waals surface area (Å²) in [5.41, 5.74) is -11.3. The number of hydrogen-bond donors (Lipinski definition) is 0. The van der Waals surface area contributed by atoms with Gasteiger partial charge >= 0.3 is 30.5 Å². The molecule has 0 radical (unpaired) electrons. The zero-order valence-electron chi connectivity index (χ0n) is 17.5. The van der Waals surface area contributed by atoms with E-state index in [2.05, 4.69) is 91.0 Å². The van der Waals surface area contributed by atoms with Gasteiger partial charge < -0.3 is 9.11 Å². The summed E-state index contributed by atoms with van der Waals surface area (Å²) < 4.78 is 118. The van der Waals surface area contributed by atoms with Gasteiger partial charge in [-0.05, 0) is 23.8 Å². The van der Waals surface area contributed by atoms with Gasteiger partial charge in [0.1, 0.15) is 0 Å². The normalized spacial score (nSPS) is 11.8. The molecular weight excluding hydrogens is 646 g/mol. The van der Waals surface area contributed by atoms with E-state index in [-0.39, 0.29) is 19.5 Å². The van der Waals surface area contributed by atoms with E-state index < -0.39 is 39.2 Å². The molecule has 3 aromatic carbocycles. The Morgan fingerprint density at radius 3 is 0.806 bits per heavy atom. The number of rotatable bonds is 3. The second-order valence-electron chi connectivity index (χ2n) is 6.14. The molecule has 0 aliphatic rings. The summed E-state index contributed by atoms with van der Waals surface area (Å²) >= 11 is 0. The molecule has 0 bridgehead atoms. The van der Waals surface area contributed by atoms with E-state index in [4.69, 9.17) is 25.9 Å². The molecule has 0 fully saturated rings. The van der Waals surface area contributed by atoms with Crippen LogP contribution in [0.2, 0.25) is 0 Å². The molecule has 0 N–H and O–H groups in total. The zero-order chi connectivity index (χ0) is 26.9. The monoisotopic (exact) mass is 662 g/mol. The van der Waals surface area contributed by atoms with Gasteiger partial charge in [-0.2, -0.15) is 26.3 Å². The maximum absolute atomic E-state index is 10.7. The third-order valence-corrected chi connectivity index (χ3v) is 7.19. The van der Waals surface area contributed by atoms with E-state index in [1.165, 1.54) is 15.9 Å². The third-order valence-electron chi connectivity index (χ3n) is 3.61. The second-order valence-corrected chi connectivity index (χ2v) is 11.1. The quantitative estimate of drug-likeness (QED) is 0.140. The summed E-state index contributed by atoms with van der Waals surface area (Å²) in [7, 11) is -12.6. The Morgan fingerprint density at radius 1 is 0.500 bits per heavy atom. The van der Waals surface area contributed by atoms with Gasteiger partial charge in [-0.25, -0.2) is 16.8 Å². The summed E-state index contributed by atoms with van der Waals surface area (Å²) in [5.74, 6) is 0. The van der Waals surface area contributed by atoms with Crippen LogP contribution in [0.5, 0.6) is 0 Å².